The standard InChI is InChI=1S/C15H13Cl2N3O2S2/c1-24(21,22)12-5-2-10(3-6-12)9-18-20-15(23)19-11-4-7-13(16)14(17)8-11/h2-9H,1H3,(H2,19,20,23)/b18-9+. The molecule has 0 aliphatic rings. The average Bonchev–Trinajstić information content (AvgIpc) is 2.50. The minimum atomic E-state index is -3.21. The minimum absolute atomic E-state index is 0.254. The van der Waals surface area contributed by atoms with Gasteiger partial charge in [0.1, 0.15) is 0 Å². The van der Waals surface area contributed by atoms with Gasteiger partial charge in [0.25, 0.3) is 0 Å². The number of hydrogen-bond donors (Lipinski definition) is 2. The Morgan fingerprint density at radius 1 is 1.12 bits per heavy atom. The predicted octanol–water partition coefficient (Wildman–Crippen LogP) is 3.72. The maximum absolute atomic E-state index is 11.4. The van der Waals surface area contributed by atoms with Gasteiger partial charge in [0.15, 0.2) is 14.9 Å². The third-order valence-corrected chi connectivity index (χ3v) is 4.93. The molecular formula is C15H13Cl2N3O2S2. The molecule has 5 nitrogen and oxygen atoms in total. The lowest BCUT2D eigenvalue weighted by atomic mass is 10.2. The molecule has 0 saturated heterocycles. The lowest BCUT2D eigenvalue weighted by Gasteiger charge is -2.07. The molecule has 0 fully saturated rings. The van der Waals surface area contributed by atoms with Crippen LogP contribution in [-0.2, 0) is 9.84 Å². The van der Waals surface area contributed by atoms with Gasteiger partial charge in [-0.1, -0.05) is 35.3 Å². The number of nitrogens with zero attached hydrogens (tertiary/aromatic N) is 1. The fraction of sp³-hybridized carbons (Fsp3) is 0.0667. The molecule has 2 aromatic rings. The van der Waals surface area contributed by atoms with Crippen molar-refractivity contribution in [3.05, 3.63) is 58.1 Å². The summed E-state index contributed by atoms with van der Waals surface area (Å²) < 4.78 is 22.8. The quantitative estimate of drug-likeness (QED) is 0.464. The maximum atomic E-state index is 11.4. The summed E-state index contributed by atoms with van der Waals surface area (Å²) in [5.74, 6) is 0. The first kappa shape index (κ1) is 18.7. The first-order valence-electron chi connectivity index (χ1n) is 6.61. The highest BCUT2D eigenvalue weighted by Gasteiger charge is 2.05. The number of anilines is 1. The fourth-order valence-electron chi connectivity index (χ4n) is 1.70. The lowest BCUT2D eigenvalue weighted by molar-refractivity contribution is 0.602. The van der Waals surface area contributed by atoms with Gasteiger partial charge in [-0.3, -0.25) is 5.43 Å². The third kappa shape index (κ3) is 5.45. The van der Waals surface area contributed by atoms with E-state index in [4.69, 9.17) is 35.4 Å². The summed E-state index contributed by atoms with van der Waals surface area (Å²) in [6.45, 7) is 0. The minimum Gasteiger partial charge on any atom is -0.331 e. The van der Waals surface area contributed by atoms with Crippen molar-refractivity contribution in [3.63, 3.8) is 0 Å². The second-order valence-electron chi connectivity index (χ2n) is 4.79. The van der Waals surface area contributed by atoms with Crippen molar-refractivity contribution in [1.29, 1.82) is 0 Å². The van der Waals surface area contributed by atoms with Crippen LogP contribution in [0.4, 0.5) is 5.69 Å². The summed E-state index contributed by atoms with van der Waals surface area (Å²) in [5.41, 5.74) is 4.06. The van der Waals surface area contributed by atoms with Gasteiger partial charge in [-0.2, -0.15) is 5.10 Å². The second-order valence-corrected chi connectivity index (χ2v) is 8.03. The SMILES string of the molecule is CS(=O)(=O)c1ccc(/C=N/NC(=S)Nc2ccc(Cl)c(Cl)c2)cc1. The van der Waals surface area contributed by atoms with Gasteiger partial charge in [0.2, 0.25) is 0 Å². The van der Waals surface area contributed by atoms with Crippen molar-refractivity contribution in [2.24, 2.45) is 5.10 Å². The van der Waals surface area contributed by atoms with Gasteiger partial charge in [-0.15, -0.1) is 0 Å². The van der Waals surface area contributed by atoms with Crippen LogP contribution in [0.3, 0.4) is 0 Å². The Labute approximate surface area is 155 Å². The Bertz CT molecular complexity index is 882. The van der Waals surface area contributed by atoms with Gasteiger partial charge in [-0.05, 0) is 48.1 Å². The molecule has 2 N–H and O–H groups in total. The highest BCUT2D eigenvalue weighted by Crippen LogP contribution is 2.24. The predicted molar refractivity (Wildman–Crippen MR) is 103 cm³/mol. The highest BCUT2D eigenvalue weighted by molar-refractivity contribution is 7.90. The monoisotopic (exact) mass is 401 g/mol. The van der Waals surface area contributed by atoms with Gasteiger partial charge in [0.05, 0.1) is 21.2 Å². The molecule has 0 atom stereocenters. The van der Waals surface area contributed by atoms with Crippen LogP contribution in [0.2, 0.25) is 10.0 Å². The first-order chi connectivity index (χ1) is 11.3. The van der Waals surface area contributed by atoms with Crippen molar-refractivity contribution in [1.82, 2.24) is 5.43 Å². The molecule has 24 heavy (non-hydrogen) atoms. The van der Waals surface area contributed by atoms with E-state index in [-0.39, 0.29) is 10.0 Å². The summed E-state index contributed by atoms with van der Waals surface area (Å²) in [6.07, 6.45) is 2.68. The Morgan fingerprint density at radius 2 is 1.79 bits per heavy atom. The number of sulfone groups is 1. The summed E-state index contributed by atoms with van der Waals surface area (Å²) in [7, 11) is -3.21. The van der Waals surface area contributed by atoms with Crippen LogP contribution < -0.4 is 10.7 Å². The molecule has 0 unspecified atom stereocenters. The first-order valence-corrected chi connectivity index (χ1v) is 9.66. The Balaban J connectivity index is 1.93. The van der Waals surface area contributed by atoms with Crippen LogP contribution in [0.1, 0.15) is 5.56 Å². The summed E-state index contributed by atoms with van der Waals surface area (Å²) in [5, 5.41) is 8.04. The molecular weight excluding hydrogens is 389 g/mol. The number of hydrazone groups is 1. The molecule has 0 heterocycles. The molecule has 0 aromatic heterocycles. The Hall–Kier alpha value is -1.67. The van der Waals surface area contributed by atoms with Crippen molar-refractivity contribution in [2.45, 2.75) is 4.90 Å². The molecule has 0 amide bonds. The van der Waals surface area contributed by atoms with Crippen molar-refractivity contribution < 1.29 is 8.42 Å². The highest BCUT2D eigenvalue weighted by atomic mass is 35.5. The van der Waals surface area contributed by atoms with E-state index in [0.717, 1.165) is 11.8 Å². The fourth-order valence-corrected chi connectivity index (χ4v) is 2.80. The molecule has 0 aliphatic carbocycles. The van der Waals surface area contributed by atoms with E-state index in [0.29, 0.717) is 15.7 Å². The molecule has 0 radical (unpaired) electrons. The zero-order chi connectivity index (χ0) is 17.7. The molecule has 9 heteroatoms. The second kappa shape index (κ2) is 7.94. The Morgan fingerprint density at radius 3 is 2.38 bits per heavy atom. The zero-order valence-electron chi connectivity index (χ0n) is 12.5. The van der Waals surface area contributed by atoms with E-state index in [1.807, 2.05) is 0 Å². The zero-order valence-corrected chi connectivity index (χ0v) is 15.6. The van der Waals surface area contributed by atoms with E-state index in [1.165, 1.54) is 18.3 Å². The molecule has 0 saturated carbocycles. The smallest absolute Gasteiger partial charge is 0.191 e. The number of thiocarbonyl (C=S) groups is 1. The molecule has 2 aromatic carbocycles. The van der Waals surface area contributed by atoms with Crippen LogP contribution in [-0.4, -0.2) is 26.0 Å². The van der Waals surface area contributed by atoms with E-state index in [9.17, 15) is 8.42 Å². The van der Waals surface area contributed by atoms with Gasteiger partial charge in [-0.25, -0.2) is 8.42 Å². The van der Waals surface area contributed by atoms with Crippen LogP contribution in [0.25, 0.3) is 0 Å². The maximum Gasteiger partial charge on any atom is 0.191 e. The van der Waals surface area contributed by atoms with Crippen molar-refractivity contribution >= 4 is 62.3 Å². The van der Waals surface area contributed by atoms with Gasteiger partial charge < -0.3 is 5.32 Å². The molecule has 126 valence electrons. The van der Waals surface area contributed by atoms with Crippen molar-refractivity contribution in [2.75, 3.05) is 11.6 Å². The van der Waals surface area contributed by atoms with Gasteiger partial charge in [0, 0.05) is 11.9 Å². The topological polar surface area (TPSA) is 70.6 Å². The number of benzene rings is 2. The molecule has 0 bridgehead atoms. The Kier molecular flexibility index (Phi) is 6.17. The van der Waals surface area contributed by atoms with Crippen LogP contribution in [0.5, 0.6) is 0 Å². The lowest BCUT2D eigenvalue weighted by Crippen LogP contribution is -2.23. The average molecular weight is 402 g/mol. The number of nitrogens with one attached hydrogen (secondary N) is 2. The van der Waals surface area contributed by atoms with E-state index in [2.05, 4.69) is 15.8 Å². The normalized spacial score (nSPS) is 11.5. The van der Waals surface area contributed by atoms with Crippen molar-refractivity contribution in [3.8, 4) is 0 Å². The van der Waals surface area contributed by atoms with E-state index in [1.54, 1.807) is 30.3 Å². The molecule has 0 spiro atoms. The van der Waals surface area contributed by atoms with Crippen LogP contribution >= 0.6 is 35.4 Å². The summed E-state index contributed by atoms with van der Waals surface area (Å²) >= 11 is 16.9. The third-order valence-electron chi connectivity index (χ3n) is 2.87. The van der Waals surface area contributed by atoms with Crippen LogP contribution in [0, 0.1) is 0 Å². The molecule has 0 aliphatic heterocycles. The van der Waals surface area contributed by atoms with Crippen LogP contribution in [0.15, 0.2) is 52.5 Å². The summed E-state index contributed by atoms with van der Waals surface area (Å²) in [4.78, 5) is 0.254. The number of rotatable bonds is 4. The van der Waals surface area contributed by atoms with E-state index >= 15 is 0 Å². The molecule has 2 rings (SSSR count). The van der Waals surface area contributed by atoms with E-state index < -0.39 is 9.84 Å². The largest absolute Gasteiger partial charge is 0.331 e. The number of hydrogen-bond acceptors (Lipinski definition) is 4. The van der Waals surface area contributed by atoms with Gasteiger partial charge >= 0.3 is 0 Å². The summed E-state index contributed by atoms with van der Waals surface area (Å²) in [6, 6.07) is 11.4. The number of halogens is 2.